The SMILES string of the molecule is CC1(C)OC[C@@H]([C@H]2OC(C)(C)O[C@@H]2CN=[N+]=[N-])O1. The third-order valence-corrected chi connectivity index (χ3v) is 2.94. The molecule has 0 saturated carbocycles. The Morgan fingerprint density at radius 2 is 1.89 bits per heavy atom. The van der Waals surface area contributed by atoms with Crippen molar-refractivity contribution in [2.24, 2.45) is 5.11 Å². The fourth-order valence-corrected chi connectivity index (χ4v) is 2.31. The third-order valence-electron chi connectivity index (χ3n) is 2.94. The number of nitrogens with zero attached hydrogens (tertiary/aromatic N) is 3. The zero-order chi connectivity index (χ0) is 13.4. The van der Waals surface area contributed by atoms with Crippen molar-refractivity contribution in [1.82, 2.24) is 0 Å². The summed E-state index contributed by atoms with van der Waals surface area (Å²) in [6, 6.07) is 0. The van der Waals surface area contributed by atoms with Gasteiger partial charge in [-0.2, -0.15) is 0 Å². The van der Waals surface area contributed by atoms with Crippen LogP contribution in [-0.4, -0.2) is 43.0 Å². The van der Waals surface area contributed by atoms with E-state index in [9.17, 15) is 0 Å². The Morgan fingerprint density at radius 1 is 1.17 bits per heavy atom. The lowest BCUT2D eigenvalue weighted by atomic mass is 10.1. The molecule has 0 aliphatic carbocycles. The lowest BCUT2D eigenvalue weighted by Gasteiger charge is -2.23. The Kier molecular flexibility index (Phi) is 3.53. The minimum Gasteiger partial charge on any atom is -0.348 e. The fourth-order valence-electron chi connectivity index (χ4n) is 2.31. The van der Waals surface area contributed by atoms with Crippen LogP contribution in [0.1, 0.15) is 27.7 Å². The maximum absolute atomic E-state index is 8.40. The highest BCUT2D eigenvalue weighted by Crippen LogP contribution is 2.35. The van der Waals surface area contributed by atoms with Crippen LogP contribution >= 0.6 is 0 Å². The first-order valence-corrected chi connectivity index (χ1v) is 6.01. The van der Waals surface area contributed by atoms with Crippen molar-refractivity contribution in [3.8, 4) is 0 Å². The number of hydrogen-bond donors (Lipinski definition) is 0. The molecule has 0 aromatic heterocycles. The van der Waals surface area contributed by atoms with Gasteiger partial charge in [0.05, 0.1) is 19.3 Å². The largest absolute Gasteiger partial charge is 0.348 e. The molecule has 7 heteroatoms. The smallest absolute Gasteiger partial charge is 0.163 e. The number of ether oxygens (including phenoxy) is 4. The van der Waals surface area contributed by atoms with E-state index in [2.05, 4.69) is 10.0 Å². The van der Waals surface area contributed by atoms with Gasteiger partial charge in [0.1, 0.15) is 12.2 Å². The van der Waals surface area contributed by atoms with Gasteiger partial charge in [-0.25, -0.2) is 0 Å². The molecule has 0 amide bonds. The number of azide groups is 1. The van der Waals surface area contributed by atoms with Gasteiger partial charge in [0, 0.05) is 4.91 Å². The quantitative estimate of drug-likeness (QED) is 0.439. The summed E-state index contributed by atoms with van der Waals surface area (Å²) >= 11 is 0. The molecule has 2 rings (SSSR count). The van der Waals surface area contributed by atoms with Crippen molar-refractivity contribution in [1.29, 1.82) is 0 Å². The van der Waals surface area contributed by atoms with Crippen molar-refractivity contribution >= 4 is 0 Å². The Hall–Kier alpha value is -0.850. The molecular formula is C11H19N3O4. The standard InChI is InChI=1S/C11H19N3O4/c1-10(2)15-6-8(17-10)9-7(5-13-14-12)16-11(3,4)18-9/h7-9H,5-6H2,1-4H3/t7-,8+,9+/m1/s1. The molecule has 0 aromatic rings. The second-order valence-corrected chi connectivity index (χ2v) is 5.42. The lowest BCUT2D eigenvalue weighted by Crippen LogP contribution is -2.39. The summed E-state index contributed by atoms with van der Waals surface area (Å²) in [5, 5.41) is 3.56. The lowest BCUT2D eigenvalue weighted by molar-refractivity contribution is -0.174. The van der Waals surface area contributed by atoms with Gasteiger partial charge in [0.15, 0.2) is 11.6 Å². The van der Waals surface area contributed by atoms with E-state index in [0.717, 1.165) is 0 Å². The van der Waals surface area contributed by atoms with Crippen molar-refractivity contribution in [3.05, 3.63) is 10.4 Å². The maximum Gasteiger partial charge on any atom is 0.163 e. The summed E-state index contributed by atoms with van der Waals surface area (Å²) in [7, 11) is 0. The van der Waals surface area contributed by atoms with Crippen LogP contribution < -0.4 is 0 Å². The second kappa shape index (κ2) is 4.68. The van der Waals surface area contributed by atoms with Gasteiger partial charge in [0.25, 0.3) is 0 Å². The molecule has 102 valence electrons. The van der Waals surface area contributed by atoms with Crippen molar-refractivity contribution < 1.29 is 18.9 Å². The van der Waals surface area contributed by atoms with Crippen LogP contribution in [0.2, 0.25) is 0 Å². The Bertz CT molecular complexity index is 365. The zero-order valence-corrected chi connectivity index (χ0v) is 11.1. The first-order valence-electron chi connectivity index (χ1n) is 6.01. The van der Waals surface area contributed by atoms with Crippen LogP contribution in [0.4, 0.5) is 0 Å². The van der Waals surface area contributed by atoms with Gasteiger partial charge in [-0.05, 0) is 33.2 Å². The van der Waals surface area contributed by atoms with Crippen LogP contribution in [0.5, 0.6) is 0 Å². The first kappa shape index (κ1) is 13.6. The van der Waals surface area contributed by atoms with Crippen molar-refractivity contribution in [2.75, 3.05) is 13.2 Å². The van der Waals surface area contributed by atoms with Crippen LogP contribution in [0, 0.1) is 0 Å². The van der Waals surface area contributed by atoms with Crippen molar-refractivity contribution in [3.63, 3.8) is 0 Å². The van der Waals surface area contributed by atoms with E-state index in [0.29, 0.717) is 6.61 Å². The molecule has 7 nitrogen and oxygen atoms in total. The normalized spacial score (nSPS) is 37.4. The van der Waals surface area contributed by atoms with Crippen molar-refractivity contribution in [2.45, 2.75) is 57.6 Å². The highest BCUT2D eigenvalue weighted by atomic mass is 16.8. The summed E-state index contributed by atoms with van der Waals surface area (Å²) in [5.74, 6) is -1.31. The molecule has 0 unspecified atom stereocenters. The predicted molar refractivity (Wildman–Crippen MR) is 62.7 cm³/mol. The van der Waals surface area contributed by atoms with E-state index >= 15 is 0 Å². The van der Waals surface area contributed by atoms with E-state index in [1.807, 2.05) is 27.7 Å². The second-order valence-electron chi connectivity index (χ2n) is 5.42. The highest BCUT2D eigenvalue weighted by Gasteiger charge is 2.49. The van der Waals surface area contributed by atoms with E-state index in [-0.39, 0.29) is 24.9 Å². The molecule has 0 aromatic carbocycles. The summed E-state index contributed by atoms with van der Waals surface area (Å²) in [5.41, 5.74) is 8.40. The Balaban J connectivity index is 2.07. The Morgan fingerprint density at radius 3 is 2.44 bits per heavy atom. The molecule has 2 aliphatic heterocycles. The molecule has 2 fully saturated rings. The first-order chi connectivity index (χ1) is 8.33. The molecule has 18 heavy (non-hydrogen) atoms. The molecule has 2 aliphatic rings. The molecular weight excluding hydrogens is 238 g/mol. The maximum atomic E-state index is 8.40. The molecule has 3 atom stereocenters. The van der Waals surface area contributed by atoms with Gasteiger partial charge in [-0.3, -0.25) is 0 Å². The highest BCUT2D eigenvalue weighted by molar-refractivity contribution is 4.91. The van der Waals surface area contributed by atoms with Crippen LogP contribution in [0.3, 0.4) is 0 Å². The topological polar surface area (TPSA) is 85.7 Å². The van der Waals surface area contributed by atoms with E-state index in [1.165, 1.54) is 0 Å². The third kappa shape index (κ3) is 2.93. The average molecular weight is 257 g/mol. The summed E-state index contributed by atoms with van der Waals surface area (Å²) in [4.78, 5) is 2.75. The summed E-state index contributed by atoms with van der Waals surface area (Å²) in [6.07, 6.45) is -0.800. The number of hydrogen-bond acceptors (Lipinski definition) is 5. The molecule has 0 bridgehead atoms. The molecule has 0 radical (unpaired) electrons. The minimum absolute atomic E-state index is 0.208. The molecule has 2 saturated heterocycles. The Labute approximate surface area is 106 Å². The predicted octanol–water partition coefficient (Wildman–Crippen LogP) is 1.97. The monoisotopic (exact) mass is 257 g/mol. The van der Waals surface area contributed by atoms with Gasteiger partial charge >= 0.3 is 0 Å². The van der Waals surface area contributed by atoms with Gasteiger partial charge in [0.2, 0.25) is 0 Å². The minimum atomic E-state index is -0.698. The van der Waals surface area contributed by atoms with E-state index in [1.54, 1.807) is 0 Å². The van der Waals surface area contributed by atoms with Gasteiger partial charge in [-0.15, -0.1) is 0 Å². The number of rotatable bonds is 3. The van der Waals surface area contributed by atoms with Crippen LogP contribution in [-0.2, 0) is 18.9 Å². The van der Waals surface area contributed by atoms with E-state index in [4.69, 9.17) is 24.5 Å². The van der Waals surface area contributed by atoms with Gasteiger partial charge in [-0.1, -0.05) is 5.11 Å². The van der Waals surface area contributed by atoms with Gasteiger partial charge < -0.3 is 18.9 Å². The molecule has 0 spiro atoms. The summed E-state index contributed by atoms with van der Waals surface area (Å²) < 4.78 is 22.8. The zero-order valence-electron chi connectivity index (χ0n) is 11.1. The van der Waals surface area contributed by atoms with Crippen LogP contribution in [0.25, 0.3) is 10.4 Å². The fraction of sp³-hybridized carbons (Fsp3) is 1.00. The molecule has 2 heterocycles. The molecule has 0 N–H and O–H groups in total. The van der Waals surface area contributed by atoms with E-state index < -0.39 is 11.6 Å². The average Bonchev–Trinajstić information content (AvgIpc) is 2.75. The summed E-state index contributed by atoms with van der Waals surface area (Å²) in [6.45, 7) is 8.05. The van der Waals surface area contributed by atoms with Crippen LogP contribution in [0.15, 0.2) is 5.11 Å².